The van der Waals surface area contributed by atoms with Gasteiger partial charge >= 0.3 is 0 Å². The van der Waals surface area contributed by atoms with Crippen molar-refractivity contribution in [2.24, 2.45) is 0 Å². The highest BCUT2D eigenvalue weighted by atomic mass is 35.5. The summed E-state index contributed by atoms with van der Waals surface area (Å²) in [6.45, 7) is 0.610. The number of nitrogens with one attached hydrogen (secondary N) is 1. The number of anilines is 1. The van der Waals surface area contributed by atoms with Crippen molar-refractivity contribution in [3.8, 4) is 0 Å². The monoisotopic (exact) mass is 539 g/mol. The molecule has 0 saturated carbocycles. The third-order valence-electron chi connectivity index (χ3n) is 7.24. The fourth-order valence-electron chi connectivity index (χ4n) is 5.26. The highest BCUT2D eigenvalue weighted by Gasteiger charge is 2.32. The molecule has 1 heterocycles. The van der Waals surface area contributed by atoms with Crippen molar-refractivity contribution in [1.29, 1.82) is 0 Å². The molecule has 0 aromatic heterocycles. The SMILES string of the molecule is CNC(=O)[C@H](Cc1ccccc1)N(Cc1ccccc1Cl)C(=O)CCCN1C(=O)c2cccc3cccc1c23. The van der Waals surface area contributed by atoms with Gasteiger partial charge in [0, 0.05) is 49.0 Å². The van der Waals surface area contributed by atoms with E-state index in [1.165, 1.54) is 0 Å². The summed E-state index contributed by atoms with van der Waals surface area (Å²) in [5.74, 6) is -0.451. The van der Waals surface area contributed by atoms with Crippen LogP contribution >= 0.6 is 11.6 Å². The van der Waals surface area contributed by atoms with Crippen LogP contribution in [-0.4, -0.2) is 42.3 Å². The molecule has 7 heteroatoms. The molecule has 4 aromatic carbocycles. The third kappa shape index (κ3) is 5.52. The van der Waals surface area contributed by atoms with E-state index in [1.54, 1.807) is 22.9 Å². The molecule has 1 N–H and O–H groups in total. The number of halogens is 1. The van der Waals surface area contributed by atoms with Gasteiger partial charge in [0.15, 0.2) is 0 Å². The lowest BCUT2D eigenvalue weighted by atomic mass is 10.0. The summed E-state index contributed by atoms with van der Waals surface area (Å²) in [5, 5.41) is 5.25. The highest BCUT2D eigenvalue weighted by Crippen LogP contribution is 2.37. The molecule has 0 aliphatic carbocycles. The van der Waals surface area contributed by atoms with Crippen molar-refractivity contribution in [3.63, 3.8) is 0 Å². The molecule has 0 fully saturated rings. The van der Waals surface area contributed by atoms with Gasteiger partial charge in [0.25, 0.3) is 5.91 Å². The molecule has 6 nitrogen and oxygen atoms in total. The van der Waals surface area contributed by atoms with Gasteiger partial charge < -0.3 is 15.1 Å². The summed E-state index contributed by atoms with van der Waals surface area (Å²) in [5.41, 5.74) is 3.29. The zero-order valence-corrected chi connectivity index (χ0v) is 22.5. The van der Waals surface area contributed by atoms with E-state index in [-0.39, 0.29) is 30.7 Å². The quantitative estimate of drug-likeness (QED) is 0.284. The summed E-state index contributed by atoms with van der Waals surface area (Å²) >= 11 is 6.46. The maximum Gasteiger partial charge on any atom is 0.258 e. The largest absolute Gasteiger partial charge is 0.357 e. The molecule has 1 aliphatic rings. The van der Waals surface area contributed by atoms with Gasteiger partial charge in [-0.05, 0) is 41.1 Å². The zero-order valence-electron chi connectivity index (χ0n) is 21.8. The first-order chi connectivity index (χ1) is 19.0. The van der Waals surface area contributed by atoms with Crippen molar-refractivity contribution in [2.45, 2.75) is 31.8 Å². The van der Waals surface area contributed by atoms with Crippen molar-refractivity contribution in [2.75, 3.05) is 18.5 Å². The first-order valence-corrected chi connectivity index (χ1v) is 13.5. The summed E-state index contributed by atoms with van der Waals surface area (Å²) in [7, 11) is 1.58. The minimum Gasteiger partial charge on any atom is -0.357 e. The Hall–Kier alpha value is -4.16. The lowest BCUT2D eigenvalue weighted by molar-refractivity contribution is -0.141. The van der Waals surface area contributed by atoms with Gasteiger partial charge in [-0.1, -0.05) is 84.4 Å². The van der Waals surface area contributed by atoms with E-state index >= 15 is 0 Å². The first kappa shape index (κ1) is 26.4. The molecule has 0 saturated heterocycles. The predicted octanol–water partition coefficient (Wildman–Crippen LogP) is 5.62. The smallest absolute Gasteiger partial charge is 0.258 e. The molecule has 198 valence electrons. The number of likely N-dealkylation sites (N-methyl/N-ethyl adjacent to an activating group) is 1. The lowest BCUT2D eigenvalue weighted by Gasteiger charge is -2.31. The Morgan fingerprint density at radius 2 is 1.64 bits per heavy atom. The van der Waals surface area contributed by atoms with Crippen molar-refractivity contribution >= 4 is 45.8 Å². The topological polar surface area (TPSA) is 69.7 Å². The van der Waals surface area contributed by atoms with Gasteiger partial charge in [0.2, 0.25) is 11.8 Å². The molecule has 0 bridgehead atoms. The van der Waals surface area contributed by atoms with E-state index in [1.807, 2.05) is 84.9 Å². The van der Waals surface area contributed by atoms with Gasteiger partial charge in [-0.15, -0.1) is 0 Å². The van der Waals surface area contributed by atoms with Crippen LogP contribution in [0.4, 0.5) is 5.69 Å². The van der Waals surface area contributed by atoms with Crippen LogP contribution in [0.5, 0.6) is 0 Å². The highest BCUT2D eigenvalue weighted by molar-refractivity contribution is 6.31. The summed E-state index contributed by atoms with van der Waals surface area (Å²) in [6.07, 6.45) is 1.02. The van der Waals surface area contributed by atoms with Gasteiger partial charge in [-0.3, -0.25) is 14.4 Å². The Kier molecular flexibility index (Phi) is 7.94. The summed E-state index contributed by atoms with van der Waals surface area (Å²) < 4.78 is 0. The van der Waals surface area contributed by atoms with E-state index in [4.69, 9.17) is 11.6 Å². The lowest BCUT2D eigenvalue weighted by Crippen LogP contribution is -2.49. The fraction of sp³-hybridized carbons (Fsp3) is 0.219. The third-order valence-corrected chi connectivity index (χ3v) is 7.61. The van der Waals surface area contributed by atoms with Crippen molar-refractivity contribution in [3.05, 3.63) is 113 Å². The molecule has 4 aromatic rings. The molecule has 1 aliphatic heterocycles. The van der Waals surface area contributed by atoms with E-state index in [0.29, 0.717) is 30.0 Å². The maximum absolute atomic E-state index is 13.8. The number of benzene rings is 4. The predicted molar refractivity (Wildman–Crippen MR) is 155 cm³/mol. The molecule has 0 unspecified atom stereocenters. The summed E-state index contributed by atoms with van der Waals surface area (Å²) in [6, 6.07) is 27.9. The number of amides is 3. The van der Waals surface area contributed by atoms with Gasteiger partial charge in [0.05, 0.1) is 5.69 Å². The second-order valence-electron chi connectivity index (χ2n) is 9.67. The van der Waals surface area contributed by atoms with Crippen LogP contribution in [0.1, 0.15) is 34.3 Å². The Morgan fingerprint density at radius 3 is 2.38 bits per heavy atom. The minimum atomic E-state index is -0.715. The van der Waals surface area contributed by atoms with Crippen molar-refractivity contribution in [1.82, 2.24) is 10.2 Å². The Bertz CT molecular complexity index is 1520. The maximum atomic E-state index is 13.8. The van der Waals surface area contributed by atoms with E-state index < -0.39 is 6.04 Å². The number of nitrogens with zero attached hydrogens (tertiary/aromatic N) is 2. The molecular formula is C32H30ClN3O3. The van der Waals surface area contributed by atoms with Crippen LogP contribution in [0.2, 0.25) is 5.02 Å². The molecule has 3 amide bonds. The molecule has 1 atom stereocenters. The van der Waals surface area contributed by atoms with Crippen LogP contribution < -0.4 is 10.2 Å². The normalized spacial score (nSPS) is 13.0. The molecular weight excluding hydrogens is 510 g/mol. The molecule has 0 spiro atoms. The number of rotatable bonds is 10. The van der Waals surface area contributed by atoms with Crippen LogP contribution in [0.25, 0.3) is 10.8 Å². The molecule has 0 radical (unpaired) electrons. The van der Waals surface area contributed by atoms with Crippen molar-refractivity contribution < 1.29 is 14.4 Å². The summed E-state index contributed by atoms with van der Waals surface area (Å²) in [4.78, 5) is 43.4. The number of carbonyl (C=O) groups excluding carboxylic acids is 3. The standard InChI is InChI=1S/C32H30ClN3O3/c1-34-31(38)28(20-22-10-3-2-4-11-22)36(21-24-12-5-6-16-26(24)33)29(37)18-9-19-35-27-17-8-14-23-13-7-15-25(30(23)27)32(35)39/h2-8,10-17,28H,9,18-21H2,1H3,(H,34,38)/t28-/m0/s1. The average Bonchev–Trinajstić information content (AvgIpc) is 3.24. The Labute approximate surface area is 233 Å². The van der Waals surface area contributed by atoms with E-state index in [9.17, 15) is 14.4 Å². The van der Waals surface area contributed by atoms with Gasteiger partial charge in [-0.25, -0.2) is 0 Å². The van der Waals surface area contributed by atoms with E-state index in [2.05, 4.69) is 5.32 Å². The zero-order chi connectivity index (χ0) is 27.4. The Balaban J connectivity index is 1.36. The van der Waals surface area contributed by atoms with Crippen LogP contribution in [0.15, 0.2) is 91.0 Å². The number of carbonyl (C=O) groups is 3. The van der Waals surface area contributed by atoms with Crippen LogP contribution in [0.3, 0.4) is 0 Å². The second kappa shape index (κ2) is 11.7. The Morgan fingerprint density at radius 1 is 0.923 bits per heavy atom. The van der Waals surface area contributed by atoms with Gasteiger partial charge in [0.1, 0.15) is 6.04 Å². The van der Waals surface area contributed by atoms with Crippen LogP contribution in [0, 0.1) is 0 Å². The minimum absolute atomic E-state index is 0.0468. The molecule has 5 rings (SSSR count). The number of hydrogen-bond acceptors (Lipinski definition) is 3. The fourth-order valence-corrected chi connectivity index (χ4v) is 5.46. The molecule has 39 heavy (non-hydrogen) atoms. The van der Waals surface area contributed by atoms with E-state index in [0.717, 1.165) is 27.6 Å². The van der Waals surface area contributed by atoms with Crippen LogP contribution in [-0.2, 0) is 22.6 Å². The first-order valence-electron chi connectivity index (χ1n) is 13.1. The van der Waals surface area contributed by atoms with Gasteiger partial charge in [-0.2, -0.15) is 0 Å². The average molecular weight is 540 g/mol. The second-order valence-corrected chi connectivity index (χ2v) is 10.1. The number of hydrogen-bond donors (Lipinski definition) is 1.